The van der Waals surface area contributed by atoms with Gasteiger partial charge in [-0.05, 0) is 50.5 Å². The molecule has 1 aromatic rings. The molecule has 1 atom stereocenters. The third kappa shape index (κ3) is 3.56. The zero-order valence-corrected chi connectivity index (χ0v) is 12.2. The van der Waals surface area contributed by atoms with Crippen LogP contribution in [0.3, 0.4) is 0 Å². The minimum Gasteiger partial charge on any atom is -0.496 e. The summed E-state index contributed by atoms with van der Waals surface area (Å²) >= 11 is 0. The van der Waals surface area contributed by atoms with Crippen LogP contribution in [0.4, 0.5) is 0 Å². The van der Waals surface area contributed by atoms with Crippen LogP contribution in [0.5, 0.6) is 5.75 Å². The molecule has 0 aromatic heterocycles. The first-order valence-corrected chi connectivity index (χ1v) is 6.41. The molecule has 4 nitrogen and oxygen atoms in total. The number of hydrogen-bond acceptors (Lipinski definition) is 3. The fourth-order valence-electron chi connectivity index (χ4n) is 1.77. The van der Waals surface area contributed by atoms with E-state index in [0.29, 0.717) is 5.56 Å². The van der Waals surface area contributed by atoms with Crippen LogP contribution in [0.15, 0.2) is 12.1 Å². The quantitative estimate of drug-likeness (QED) is 0.655. The summed E-state index contributed by atoms with van der Waals surface area (Å²) in [4.78, 5) is 24.0. The van der Waals surface area contributed by atoms with Gasteiger partial charge in [0, 0.05) is 11.6 Å². The Balaban J connectivity index is 3.00. The van der Waals surface area contributed by atoms with Gasteiger partial charge in [0.25, 0.3) is 5.91 Å². The number of Topliss-reactive ketones (excluding diaryl/α,β-unsaturated/α-hetero) is 1. The second-order valence-electron chi connectivity index (χ2n) is 4.75. The van der Waals surface area contributed by atoms with Gasteiger partial charge in [0.1, 0.15) is 5.75 Å². The monoisotopic (exact) mass is 263 g/mol. The van der Waals surface area contributed by atoms with E-state index in [1.807, 2.05) is 20.8 Å². The molecule has 1 aromatic carbocycles. The molecule has 0 spiro atoms. The summed E-state index contributed by atoms with van der Waals surface area (Å²) in [5, 5.41) is 2.68. The van der Waals surface area contributed by atoms with Crippen molar-refractivity contribution in [2.45, 2.75) is 40.2 Å². The van der Waals surface area contributed by atoms with Gasteiger partial charge in [-0.2, -0.15) is 0 Å². The topological polar surface area (TPSA) is 55.4 Å². The molecule has 0 heterocycles. The second-order valence-corrected chi connectivity index (χ2v) is 4.75. The molecule has 1 unspecified atom stereocenters. The zero-order valence-electron chi connectivity index (χ0n) is 12.2. The highest BCUT2D eigenvalue weighted by atomic mass is 16.5. The largest absolute Gasteiger partial charge is 0.496 e. The van der Waals surface area contributed by atoms with E-state index in [4.69, 9.17) is 4.74 Å². The Morgan fingerprint density at radius 1 is 1.26 bits per heavy atom. The number of ketones is 1. The smallest absolute Gasteiger partial charge is 0.292 e. The summed E-state index contributed by atoms with van der Waals surface area (Å²) in [6.07, 6.45) is 0.791. The van der Waals surface area contributed by atoms with Gasteiger partial charge in [-0.1, -0.05) is 6.92 Å². The van der Waals surface area contributed by atoms with Gasteiger partial charge in [-0.3, -0.25) is 9.59 Å². The van der Waals surface area contributed by atoms with E-state index in [9.17, 15) is 9.59 Å². The molecule has 104 valence electrons. The first kappa shape index (κ1) is 15.2. The standard InChI is InChI=1S/C15H21NO3/c1-6-11(4)16-15(18)14(17)12-7-10(3)13(19-5)8-9(12)2/h7-8,11H,6H2,1-5H3,(H,16,18). The lowest BCUT2D eigenvalue weighted by molar-refractivity contribution is -0.117. The predicted octanol–water partition coefficient (Wildman–Crippen LogP) is 2.41. The highest BCUT2D eigenvalue weighted by Gasteiger charge is 2.20. The van der Waals surface area contributed by atoms with Crippen LogP contribution in [-0.2, 0) is 4.79 Å². The first-order chi connectivity index (χ1) is 8.90. The van der Waals surface area contributed by atoms with Crippen LogP contribution in [-0.4, -0.2) is 24.8 Å². The maximum Gasteiger partial charge on any atom is 0.292 e. The Labute approximate surface area is 114 Å². The number of aryl methyl sites for hydroxylation is 2. The van der Waals surface area contributed by atoms with Gasteiger partial charge >= 0.3 is 0 Å². The molecular formula is C15H21NO3. The van der Waals surface area contributed by atoms with Gasteiger partial charge in [0.2, 0.25) is 5.78 Å². The van der Waals surface area contributed by atoms with Gasteiger partial charge in [0.05, 0.1) is 7.11 Å². The summed E-state index contributed by atoms with van der Waals surface area (Å²) in [5.74, 6) is -0.332. The number of carbonyl (C=O) groups is 2. The number of ether oxygens (including phenoxy) is 1. The third-order valence-electron chi connectivity index (χ3n) is 3.18. The second kappa shape index (κ2) is 6.36. The maximum atomic E-state index is 12.1. The SMILES string of the molecule is CCC(C)NC(=O)C(=O)c1cc(C)c(OC)cc1C. The van der Waals surface area contributed by atoms with Gasteiger partial charge in [-0.15, -0.1) is 0 Å². The highest BCUT2D eigenvalue weighted by Crippen LogP contribution is 2.22. The van der Waals surface area contributed by atoms with Crippen LogP contribution in [0.1, 0.15) is 41.8 Å². The van der Waals surface area contributed by atoms with Crippen molar-refractivity contribution >= 4 is 11.7 Å². The molecule has 19 heavy (non-hydrogen) atoms. The number of methoxy groups -OCH3 is 1. The van der Waals surface area contributed by atoms with Crippen molar-refractivity contribution in [1.82, 2.24) is 5.32 Å². The van der Waals surface area contributed by atoms with Crippen molar-refractivity contribution in [1.29, 1.82) is 0 Å². The van der Waals surface area contributed by atoms with Crippen LogP contribution in [0, 0.1) is 13.8 Å². The molecule has 0 aliphatic carbocycles. The van der Waals surface area contributed by atoms with E-state index in [-0.39, 0.29) is 6.04 Å². The fourth-order valence-corrected chi connectivity index (χ4v) is 1.77. The van der Waals surface area contributed by atoms with Crippen molar-refractivity contribution < 1.29 is 14.3 Å². The maximum absolute atomic E-state index is 12.1. The molecule has 0 fully saturated rings. The van der Waals surface area contributed by atoms with Crippen molar-refractivity contribution in [3.8, 4) is 5.75 Å². The van der Waals surface area contributed by atoms with E-state index >= 15 is 0 Å². The Bertz CT molecular complexity index is 494. The van der Waals surface area contributed by atoms with E-state index in [1.165, 1.54) is 0 Å². The lowest BCUT2D eigenvalue weighted by atomic mass is 10.0. The average Bonchev–Trinajstić information content (AvgIpc) is 2.39. The molecule has 0 aliphatic rings. The summed E-state index contributed by atoms with van der Waals surface area (Å²) in [5.41, 5.74) is 2.01. The third-order valence-corrected chi connectivity index (χ3v) is 3.18. The minimum absolute atomic E-state index is 0.00361. The molecular weight excluding hydrogens is 242 g/mol. The van der Waals surface area contributed by atoms with E-state index < -0.39 is 11.7 Å². The van der Waals surface area contributed by atoms with Crippen LogP contribution < -0.4 is 10.1 Å². The van der Waals surface area contributed by atoms with E-state index in [1.54, 1.807) is 26.2 Å². The van der Waals surface area contributed by atoms with Crippen molar-refractivity contribution in [2.75, 3.05) is 7.11 Å². The molecule has 0 bridgehead atoms. The van der Waals surface area contributed by atoms with Gasteiger partial charge in [-0.25, -0.2) is 0 Å². The van der Waals surface area contributed by atoms with Gasteiger partial charge in [0.15, 0.2) is 0 Å². The highest BCUT2D eigenvalue weighted by molar-refractivity contribution is 6.43. The summed E-state index contributed by atoms with van der Waals surface area (Å²) in [6.45, 7) is 7.48. The Morgan fingerprint density at radius 2 is 1.89 bits per heavy atom. The van der Waals surface area contributed by atoms with E-state index in [2.05, 4.69) is 5.32 Å². The number of benzene rings is 1. The predicted molar refractivity (Wildman–Crippen MR) is 74.7 cm³/mol. The minimum atomic E-state index is -0.554. The lowest BCUT2D eigenvalue weighted by Gasteiger charge is -2.13. The van der Waals surface area contributed by atoms with Crippen LogP contribution in [0.2, 0.25) is 0 Å². The average molecular weight is 263 g/mol. The molecule has 4 heteroatoms. The number of amides is 1. The molecule has 1 amide bonds. The Kier molecular flexibility index (Phi) is 5.10. The lowest BCUT2D eigenvalue weighted by Crippen LogP contribution is -2.37. The Morgan fingerprint density at radius 3 is 2.42 bits per heavy atom. The number of rotatable bonds is 5. The Hall–Kier alpha value is -1.84. The van der Waals surface area contributed by atoms with Crippen LogP contribution >= 0.6 is 0 Å². The summed E-state index contributed by atoms with van der Waals surface area (Å²) in [6, 6.07) is 3.47. The molecule has 0 aliphatic heterocycles. The molecule has 1 N–H and O–H groups in total. The summed E-state index contributed by atoms with van der Waals surface area (Å²) in [7, 11) is 1.58. The van der Waals surface area contributed by atoms with Gasteiger partial charge < -0.3 is 10.1 Å². The first-order valence-electron chi connectivity index (χ1n) is 6.41. The number of carbonyl (C=O) groups excluding carboxylic acids is 2. The number of nitrogens with one attached hydrogen (secondary N) is 1. The van der Waals surface area contributed by atoms with Crippen LogP contribution in [0.25, 0.3) is 0 Å². The molecule has 1 rings (SSSR count). The van der Waals surface area contributed by atoms with Crippen molar-refractivity contribution in [3.63, 3.8) is 0 Å². The number of hydrogen-bond donors (Lipinski definition) is 1. The fraction of sp³-hybridized carbons (Fsp3) is 0.467. The van der Waals surface area contributed by atoms with Crippen molar-refractivity contribution in [3.05, 3.63) is 28.8 Å². The normalized spacial score (nSPS) is 11.8. The zero-order chi connectivity index (χ0) is 14.6. The molecule has 0 radical (unpaired) electrons. The molecule has 0 saturated carbocycles. The van der Waals surface area contributed by atoms with E-state index in [0.717, 1.165) is 23.3 Å². The van der Waals surface area contributed by atoms with Crippen molar-refractivity contribution in [2.24, 2.45) is 0 Å². The summed E-state index contributed by atoms with van der Waals surface area (Å²) < 4.78 is 5.19. The molecule has 0 saturated heterocycles.